The van der Waals surface area contributed by atoms with E-state index in [4.69, 9.17) is 15.0 Å². The molecule has 0 spiro atoms. The zero-order valence-electron chi connectivity index (χ0n) is 23.4. The Bertz CT molecular complexity index is 1760. The number of amides is 1. The SMILES string of the molecule is C=CC(=O)Nc1ccc2c(-c3ccccc3CN=C3N=C(Nc4cccnc4)NC4=C(C(C)C)CNN34)nccc2c1. The summed E-state index contributed by atoms with van der Waals surface area (Å²) in [5, 5.41) is 13.4. The molecule has 2 aliphatic rings. The number of nitrogens with one attached hydrogen (secondary N) is 4. The molecule has 0 bridgehead atoms. The van der Waals surface area contributed by atoms with Crippen LogP contribution in [0.2, 0.25) is 0 Å². The number of hydrogen-bond donors (Lipinski definition) is 4. The number of rotatable bonds is 7. The number of carbonyl (C=O) groups is 1. The summed E-state index contributed by atoms with van der Waals surface area (Å²) in [5.74, 6) is 2.16. The summed E-state index contributed by atoms with van der Waals surface area (Å²) in [6.07, 6.45) is 6.52. The lowest BCUT2D eigenvalue weighted by molar-refractivity contribution is -0.111. The Kier molecular flexibility index (Phi) is 7.44. The van der Waals surface area contributed by atoms with Gasteiger partial charge in [0.1, 0.15) is 5.82 Å². The smallest absolute Gasteiger partial charge is 0.247 e. The van der Waals surface area contributed by atoms with Crippen molar-refractivity contribution in [3.05, 3.63) is 109 Å². The van der Waals surface area contributed by atoms with Gasteiger partial charge in [-0.1, -0.05) is 50.8 Å². The maximum Gasteiger partial charge on any atom is 0.247 e. The van der Waals surface area contributed by atoms with Gasteiger partial charge in [-0.25, -0.2) is 15.4 Å². The minimum Gasteiger partial charge on any atom is -0.324 e. The third kappa shape index (κ3) is 5.48. The number of benzene rings is 2. The molecule has 0 unspecified atom stereocenters. The van der Waals surface area contributed by atoms with Gasteiger partial charge in [0.25, 0.3) is 0 Å². The quantitative estimate of drug-likeness (QED) is 0.235. The predicted molar refractivity (Wildman–Crippen MR) is 167 cm³/mol. The molecule has 0 fully saturated rings. The maximum atomic E-state index is 11.8. The van der Waals surface area contributed by atoms with E-state index in [0.717, 1.165) is 39.1 Å². The molecule has 0 aliphatic carbocycles. The van der Waals surface area contributed by atoms with Crippen molar-refractivity contribution in [3.8, 4) is 11.3 Å². The topological polar surface area (TPSA) is 119 Å². The third-order valence-corrected chi connectivity index (χ3v) is 7.11. The van der Waals surface area contributed by atoms with Crippen LogP contribution < -0.4 is 21.4 Å². The Hall–Kier alpha value is -5.35. The Morgan fingerprint density at radius 1 is 1.12 bits per heavy atom. The van der Waals surface area contributed by atoms with E-state index >= 15 is 0 Å². The van der Waals surface area contributed by atoms with E-state index < -0.39 is 0 Å². The van der Waals surface area contributed by atoms with Crippen LogP contribution in [0.25, 0.3) is 22.0 Å². The van der Waals surface area contributed by atoms with E-state index in [2.05, 4.69) is 58.9 Å². The van der Waals surface area contributed by atoms with Crippen LogP contribution in [0.4, 0.5) is 11.4 Å². The minimum atomic E-state index is -0.251. The standard InChI is InChI=1S/C32H31N9O/c1-4-28(42)37-23-11-12-26-21(16-23)13-15-34-29(26)25-10-6-5-8-22(25)17-35-32-40-31(38-24-9-7-14-33-18-24)39-30-27(20(2)3)19-36-41(30)32/h4-16,18,20,36H,1,17,19H2,2-3H3,(H,37,42)(H2,35,38,39,40). The average Bonchev–Trinajstić information content (AvgIpc) is 3.45. The number of fused-ring (bicyclic) bond motifs is 2. The second-order valence-electron chi connectivity index (χ2n) is 10.2. The van der Waals surface area contributed by atoms with E-state index in [9.17, 15) is 4.79 Å². The fraction of sp³-hybridized carbons (Fsp3) is 0.156. The van der Waals surface area contributed by atoms with Gasteiger partial charge in [0.05, 0.1) is 24.1 Å². The van der Waals surface area contributed by atoms with Crippen LogP contribution in [0.15, 0.2) is 113 Å². The maximum absolute atomic E-state index is 11.8. The highest BCUT2D eigenvalue weighted by Gasteiger charge is 2.32. The predicted octanol–water partition coefficient (Wildman–Crippen LogP) is 5.04. The van der Waals surface area contributed by atoms with E-state index in [1.54, 1.807) is 18.6 Å². The van der Waals surface area contributed by atoms with Crippen molar-refractivity contribution in [2.24, 2.45) is 15.9 Å². The van der Waals surface area contributed by atoms with Crippen LogP contribution in [-0.4, -0.2) is 39.3 Å². The molecule has 0 saturated carbocycles. The molecule has 2 aliphatic heterocycles. The van der Waals surface area contributed by atoms with E-state index in [1.807, 2.05) is 53.5 Å². The number of aliphatic imine (C=N–C) groups is 2. The Labute approximate surface area is 244 Å². The van der Waals surface area contributed by atoms with Crippen molar-refractivity contribution in [1.29, 1.82) is 0 Å². The molecule has 1 amide bonds. The monoisotopic (exact) mass is 557 g/mol. The summed E-state index contributed by atoms with van der Waals surface area (Å²) in [6.45, 7) is 8.98. The van der Waals surface area contributed by atoms with Gasteiger partial charge < -0.3 is 16.0 Å². The number of hydrazine groups is 1. The lowest BCUT2D eigenvalue weighted by Crippen LogP contribution is -2.49. The molecule has 4 N–H and O–H groups in total. The number of aromatic nitrogens is 2. The largest absolute Gasteiger partial charge is 0.324 e. The summed E-state index contributed by atoms with van der Waals surface area (Å²) < 4.78 is 0. The highest BCUT2D eigenvalue weighted by atomic mass is 16.1. The Morgan fingerprint density at radius 2 is 2.00 bits per heavy atom. The van der Waals surface area contributed by atoms with Gasteiger partial charge in [0, 0.05) is 35.6 Å². The second kappa shape index (κ2) is 11.6. The van der Waals surface area contributed by atoms with E-state index in [0.29, 0.717) is 36.6 Å². The summed E-state index contributed by atoms with van der Waals surface area (Å²) in [5.41, 5.74) is 9.04. The number of carbonyl (C=O) groups excluding carboxylic acids is 1. The van der Waals surface area contributed by atoms with Gasteiger partial charge in [-0.3, -0.25) is 14.8 Å². The molecule has 2 aromatic carbocycles. The fourth-order valence-corrected chi connectivity index (χ4v) is 4.99. The van der Waals surface area contributed by atoms with Crippen molar-refractivity contribution >= 4 is 40.0 Å². The van der Waals surface area contributed by atoms with Gasteiger partial charge in [0.2, 0.25) is 17.8 Å². The molecule has 0 atom stereocenters. The first-order chi connectivity index (χ1) is 20.5. The van der Waals surface area contributed by atoms with Crippen molar-refractivity contribution in [1.82, 2.24) is 25.7 Å². The van der Waals surface area contributed by atoms with Crippen LogP contribution in [-0.2, 0) is 11.3 Å². The average molecular weight is 558 g/mol. The van der Waals surface area contributed by atoms with Gasteiger partial charge in [0.15, 0.2) is 0 Å². The molecule has 6 rings (SSSR count). The number of anilines is 2. The molecular weight excluding hydrogens is 526 g/mol. The van der Waals surface area contributed by atoms with Gasteiger partial charge in [-0.2, -0.15) is 4.99 Å². The normalized spacial score (nSPS) is 15.5. The number of guanidine groups is 2. The van der Waals surface area contributed by atoms with E-state index in [1.165, 1.54) is 11.6 Å². The minimum absolute atomic E-state index is 0.251. The van der Waals surface area contributed by atoms with Crippen molar-refractivity contribution < 1.29 is 4.79 Å². The lowest BCUT2D eigenvalue weighted by atomic mass is 9.99. The summed E-state index contributed by atoms with van der Waals surface area (Å²) in [7, 11) is 0. The molecule has 0 radical (unpaired) electrons. The fourth-order valence-electron chi connectivity index (χ4n) is 4.99. The van der Waals surface area contributed by atoms with Gasteiger partial charge in [-0.05, 0) is 58.8 Å². The lowest BCUT2D eigenvalue weighted by Gasteiger charge is -2.28. The first-order valence-electron chi connectivity index (χ1n) is 13.7. The highest BCUT2D eigenvalue weighted by Crippen LogP contribution is 2.31. The van der Waals surface area contributed by atoms with Crippen LogP contribution in [0, 0.1) is 5.92 Å². The molecule has 4 aromatic rings. The van der Waals surface area contributed by atoms with Crippen LogP contribution in [0.3, 0.4) is 0 Å². The van der Waals surface area contributed by atoms with Crippen LogP contribution in [0.1, 0.15) is 19.4 Å². The van der Waals surface area contributed by atoms with Crippen LogP contribution >= 0.6 is 0 Å². The van der Waals surface area contributed by atoms with Gasteiger partial charge >= 0.3 is 0 Å². The number of nitrogens with zero attached hydrogens (tertiary/aromatic N) is 5. The molecule has 10 heteroatoms. The van der Waals surface area contributed by atoms with Crippen LogP contribution in [0.5, 0.6) is 0 Å². The first-order valence-corrected chi connectivity index (χ1v) is 13.7. The van der Waals surface area contributed by atoms with Gasteiger partial charge in [-0.15, -0.1) is 0 Å². The Balaban J connectivity index is 1.35. The molecule has 42 heavy (non-hydrogen) atoms. The molecule has 2 aromatic heterocycles. The van der Waals surface area contributed by atoms with Crippen molar-refractivity contribution in [3.63, 3.8) is 0 Å². The summed E-state index contributed by atoms with van der Waals surface area (Å²) in [4.78, 5) is 30.5. The van der Waals surface area contributed by atoms with E-state index in [-0.39, 0.29) is 5.91 Å². The number of pyridine rings is 2. The summed E-state index contributed by atoms with van der Waals surface area (Å²) in [6, 6.07) is 19.7. The third-order valence-electron chi connectivity index (χ3n) is 7.11. The summed E-state index contributed by atoms with van der Waals surface area (Å²) >= 11 is 0. The highest BCUT2D eigenvalue weighted by molar-refractivity contribution is 6.06. The zero-order valence-corrected chi connectivity index (χ0v) is 23.4. The first kappa shape index (κ1) is 26.9. The molecular formula is C32H31N9O. The number of hydrogen-bond acceptors (Lipinski definition) is 7. The molecule has 0 saturated heterocycles. The van der Waals surface area contributed by atoms with Crippen molar-refractivity contribution in [2.45, 2.75) is 20.4 Å². The molecule has 10 nitrogen and oxygen atoms in total. The molecule has 4 heterocycles. The van der Waals surface area contributed by atoms with Crippen molar-refractivity contribution in [2.75, 3.05) is 17.2 Å². The second-order valence-corrected chi connectivity index (χ2v) is 10.2. The molecule has 210 valence electrons. The zero-order chi connectivity index (χ0) is 29.1. The Morgan fingerprint density at radius 3 is 2.81 bits per heavy atom.